The summed E-state index contributed by atoms with van der Waals surface area (Å²) in [5, 5.41) is 2.96. The third-order valence-corrected chi connectivity index (χ3v) is 3.58. The Morgan fingerprint density at radius 2 is 2.10 bits per heavy atom. The van der Waals surface area contributed by atoms with Gasteiger partial charge in [-0.15, -0.1) is 0 Å². The van der Waals surface area contributed by atoms with Crippen molar-refractivity contribution < 1.29 is 4.79 Å². The predicted molar refractivity (Wildman–Crippen MR) is 86.2 cm³/mol. The molecule has 1 aromatic heterocycles. The number of imidazole rings is 1. The van der Waals surface area contributed by atoms with E-state index in [1.54, 1.807) is 0 Å². The number of nitrogens with one attached hydrogen (secondary N) is 1. The normalized spacial score (nSPS) is 11.2. The molecule has 0 radical (unpaired) electrons. The monoisotopic (exact) mass is 287 g/mol. The van der Waals surface area contributed by atoms with Crippen molar-refractivity contribution in [1.29, 1.82) is 0 Å². The van der Waals surface area contributed by atoms with Gasteiger partial charge >= 0.3 is 0 Å². The van der Waals surface area contributed by atoms with Crippen molar-refractivity contribution in [2.24, 2.45) is 5.92 Å². The summed E-state index contributed by atoms with van der Waals surface area (Å²) < 4.78 is 2.31. The number of rotatable bonds is 7. The summed E-state index contributed by atoms with van der Waals surface area (Å²) in [4.78, 5) is 16.3. The van der Waals surface area contributed by atoms with Crippen LogP contribution in [-0.2, 0) is 17.8 Å². The molecule has 114 valence electrons. The number of hydrogen-bond donors (Lipinski definition) is 1. The van der Waals surface area contributed by atoms with Gasteiger partial charge in [0.15, 0.2) is 0 Å². The highest BCUT2D eigenvalue weighted by molar-refractivity contribution is 5.77. The predicted octanol–water partition coefficient (Wildman–Crippen LogP) is 3.15. The van der Waals surface area contributed by atoms with Crippen LogP contribution < -0.4 is 5.32 Å². The van der Waals surface area contributed by atoms with E-state index in [1.807, 2.05) is 19.9 Å². The molecule has 4 nitrogen and oxygen atoms in total. The molecule has 0 saturated heterocycles. The van der Waals surface area contributed by atoms with Crippen LogP contribution in [0, 0.1) is 5.92 Å². The molecule has 1 N–H and O–H groups in total. The minimum absolute atomic E-state index is 0.0506. The molecular weight excluding hydrogens is 262 g/mol. The van der Waals surface area contributed by atoms with E-state index < -0.39 is 0 Å². The molecule has 1 aromatic carbocycles. The molecule has 0 unspecified atom stereocenters. The van der Waals surface area contributed by atoms with Crippen LogP contribution in [-0.4, -0.2) is 22.0 Å². The van der Waals surface area contributed by atoms with Crippen molar-refractivity contribution in [2.45, 2.75) is 46.6 Å². The molecule has 0 aliphatic carbocycles. The molecule has 0 fully saturated rings. The van der Waals surface area contributed by atoms with Gasteiger partial charge in [0.25, 0.3) is 0 Å². The van der Waals surface area contributed by atoms with Crippen molar-refractivity contribution in [3.63, 3.8) is 0 Å². The van der Waals surface area contributed by atoms with E-state index in [1.165, 1.54) is 5.52 Å². The van der Waals surface area contributed by atoms with Crippen LogP contribution >= 0.6 is 0 Å². The average Bonchev–Trinajstić information content (AvgIpc) is 2.82. The van der Waals surface area contributed by atoms with Crippen LogP contribution in [0.15, 0.2) is 24.3 Å². The molecule has 1 heterocycles. The lowest BCUT2D eigenvalue weighted by Gasteiger charge is -2.09. The lowest BCUT2D eigenvalue weighted by molar-refractivity contribution is -0.123. The Kier molecular flexibility index (Phi) is 5.37. The zero-order valence-corrected chi connectivity index (χ0v) is 13.2. The third-order valence-electron chi connectivity index (χ3n) is 3.58. The van der Waals surface area contributed by atoms with Gasteiger partial charge in [-0.1, -0.05) is 32.9 Å². The lowest BCUT2D eigenvalue weighted by atomic mass is 10.2. The standard InChI is InChI=1S/C17H25N3O/c1-4-12-20-15-9-6-5-8-14(15)19-16(20)10-7-11-18-17(21)13(2)3/h5-6,8-9,13H,4,7,10-12H2,1-3H3,(H,18,21). The number of aromatic nitrogens is 2. The third kappa shape index (κ3) is 3.84. The number of carbonyl (C=O) groups is 1. The number of hydrogen-bond acceptors (Lipinski definition) is 2. The SMILES string of the molecule is CCCn1c(CCCNC(=O)C(C)C)nc2ccccc21. The van der Waals surface area contributed by atoms with Crippen molar-refractivity contribution in [1.82, 2.24) is 14.9 Å². The Hall–Kier alpha value is -1.84. The number of carbonyl (C=O) groups excluding carboxylic acids is 1. The molecule has 0 aliphatic rings. The van der Waals surface area contributed by atoms with Gasteiger partial charge in [-0.3, -0.25) is 4.79 Å². The number of nitrogens with zero attached hydrogens (tertiary/aromatic N) is 2. The van der Waals surface area contributed by atoms with Gasteiger partial charge in [0, 0.05) is 25.4 Å². The number of amides is 1. The van der Waals surface area contributed by atoms with Crippen molar-refractivity contribution in [3.8, 4) is 0 Å². The fraction of sp³-hybridized carbons (Fsp3) is 0.529. The maximum atomic E-state index is 11.5. The van der Waals surface area contributed by atoms with Crippen LogP contribution in [0.2, 0.25) is 0 Å². The van der Waals surface area contributed by atoms with Gasteiger partial charge in [0.2, 0.25) is 5.91 Å². The maximum absolute atomic E-state index is 11.5. The average molecular weight is 287 g/mol. The second kappa shape index (κ2) is 7.25. The highest BCUT2D eigenvalue weighted by Gasteiger charge is 2.10. The fourth-order valence-electron chi connectivity index (χ4n) is 2.45. The summed E-state index contributed by atoms with van der Waals surface area (Å²) in [5.41, 5.74) is 2.27. The quantitative estimate of drug-likeness (QED) is 0.795. The van der Waals surface area contributed by atoms with E-state index in [0.29, 0.717) is 6.54 Å². The van der Waals surface area contributed by atoms with E-state index in [4.69, 9.17) is 4.98 Å². The first-order valence-corrected chi connectivity index (χ1v) is 7.85. The molecule has 0 atom stereocenters. The zero-order valence-electron chi connectivity index (χ0n) is 13.2. The molecule has 21 heavy (non-hydrogen) atoms. The first-order chi connectivity index (χ1) is 10.1. The Morgan fingerprint density at radius 3 is 2.81 bits per heavy atom. The number of fused-ring (bicyclic) bond motifs is 1. The van der Waals surface area contributed by atoms with Crippen LogP contribution in [0.3, 0.4) is 0 Å². The van der Waals surface area contributed by atoms with E-state index >= 15 is 0 Å². The molecule has 1 amide bonds. The Balaban J connectivity index is 2.01. The van der Waals surface area contributed by atoms with Crippen LogP contribution in [0.1, 0.15) is 39.4 Å². The van der Waals surface area contributed by atoms with Gasteiger partial charge in [-0.25, -0.2) is 4.98 Å². The Labute approximate surface area is 126 Å². The van der Waals surface area contributed by atoms with Crippen LogP contribution in [0.4, 0.5) is 0 Å². The lowest BCUT2D eigenvalue weighted by Crippen LogP contribution is -2.28. The summed E-state index contributed by atoms with van der Waals surface area (Å²) in [6, 6.07) is 8.27. The summed E-state index contributed by atoms with van der Waals surface area (Å²) in [6.45, 7) is 7.72. The number of aryl methyl sites for hydroxylation is 2. The molecule has 0 bridgehead atoms. The number of para-hydroxylation sites is 2. The summed E-state index contributed by atoms with van der Waals surface area (Å²) in [7, 11) is 0. The molecular formula is C17H25N3O. The highest BCUT2D eigenvalue weighted by Crippen LogP contribution is 2.17. The Bertz CT molecular complexity index is 601. The minimum atomic E-state index is 0.0506. The number of benzene rings is 1. The van der Waals surface area contributed by atoms with Crippen LogP contribution in [0.5, 0.6) is 0 Å². The van der Waals surface area contributed by atoms with Gasteiger partial charge < -0.3 is 9.88 Å². The molecule has 2 aromatic rings. The van der Waals surface area contributed by atoms with E-state index in [0.717, 1.165) is 37.1 Å². The van der Waals surface area contributed by atoms with Gasteiger partial charge in [-0.05, 0) is 25.0 Å². The fourth-order valence-corrected chi connectivity index (χ4v) is 2.45. The molecule has 4 heteroatoms. The molecule has 0 spiro atoms. The summed E-state index contributed by atoms with van der Waals surface area (Å²) in [6.07, 6.45) is 2.91. The first kappa shape index (κ1) is 15.5. The minimum Gasteiger partial charge on any atom is -0.356 e. The van der Waals surface area contributed by atoms with E-state index in [-0.39, 0.29) is 11.8 Å². The largest absolute Gasteiger partial charge is 0.356 e. The summed E-state index contributed by atoms with van der Waals surface area (Å²) in [5.74, 6) is 1.29. The molecule has 0 saturated carbocycles. The second-order valence-corrected chi connectivity index (χ2v) is 5.72. The molecule has 2 rings (SSSR count). The van der Waals surface area contributed by atoms with Crippen molar-refractivity contribution >= 4 is 16.9 Å². The maximum Gasteiger partial charge on any atom is 0.222 e. The molecule has 0 aliphatic heterocycles. The van der Waals surface area contributed by atoms with Crippen molar-refractivity contribution in [2.75, 3.05) is 6.54 Å². The van der Waals surface area contributed by atoms with Gasteiger partial charge in [0.05, 0.1) is 11.0 Å². The van der Waals surface area contributed by atoms with Crippen molar-refractivity contribution in [3.05, 3.63) is 30.1 Å². The highest BCUT2D eigenvalue weighted by atomic mass is 16.1. The first-order valence-electron chi connectivity index (χ1n) is 7.85. The zero-order chi connectivity index (χ0) is 15.2. The van der Waals surface area contributed by atoms with Gasteiger partial charge in [0.1, 0.15) is 5.82 Å². The smallest absolute Gasteiger partial charge is 0.222 e. The summed E-state index contributed by atoms with van der Waals surface area (Å²) >= 11 is 0. The van der Waals surface area contributed by atoms with E-state index in [9.17, 15) is 4.79 Å². The van der Waals surface area contributed by atoms with E-state index in [2.05, 4.69) is 35.0 Å². The second-order valence-electron chi connectivity index (χ2n) is 5.72. The Morgan fingerprint density at radius 1 is 1.33 bits per heavy atom. The topological polar surface area (TPSA) is 46.9 Å². The van der Waals surface area contributed by atoms with Crippen LogP contribution in [0.25, 0.3) is 11.0 Å². The van der Waals surface area contributed by atoms with Gasteiger partial charge in [-0.2, -0.15) is 0 Å².